The lowest BCUT2D eigenvalue weighted by molar-refractivity contribution is -0.122. The molecule has 0 bridgehead atoms. The van der Waals surface area contributed by atoms with Crippen LogP contribution in [0.4, 0.5) is 4.79 Å². The van der Waals surface area contributed by atoms with E-state index in [0.29, 0.717) is 11.5 Å². The van der Waals surface area contributed by atoms with Crippen LogP contribution in [0.15, 0.2) is 29.2 Å². The van der Waals surface area contributed by atoms with Crippen molar-refractivity contribution >= 4 is 29.0 Å². The van der Waals surface area contributed by atoms with Crippen LogP contribution >= 0.6 is 11.8 Å². The van der Waals surface area contributed by atoms with Gasteiger partial charge in [-0.3, -0.25) is 14.5 Å². The Morgan fingerprint density at radius 3 is 2.57 bits per heavy atom. The first-order valence-electron chi connectivity index (χ1n) is 6.75. The van der Waals surface area contributed by atoms with Crippen LogP contribution in [0.1, 0.15) is 19.4 Å². The molecule has 21 heavy (non-hydrogen) atoms. The van der Waals surface area contributed by atoms with E-state index >= 15 is 0 Å². The van der Waals surface area contributed by atoms with Crippen LogP contribution in [-0.2, 0) is 4.79 Å². The number of imide groups is 1. The van der Waals surface area contributed by atoms with E-state index in [2.05, 4.69) is 0 Å². The maximum absolute atomic E-state index is 12.2. The Kier molecular flexibility index (Phi) is 5.03. The first kappa shape index (κ1) is 15.6. The molecule has 1 fully saturated rings. The standard InChI is InChI=1S/C15H18N2O3S/c1-3-20-12-6-4-11(5-7-12)8-13-14(18)17(9-10(2)16)15(19)21-13/h4-8,10H,3,9,16H2,1-2H3. The number of hydrogen-bond acceptors (Lipinski definition) is 5. The highest BCUT2D eigenvalue weighted by atomic mass is 32.2. The molecule has 112 valence electrons. The summed E-state index contributed by atoms with van der Waals surface area (Å²) in [5.74, 6) is 0.496. The summed E-state index contributed by atoms with van der Waals surface area (Å²) in [4.78, 5) is 25.6. The van der Waals surface area contributed by atoms with Crippen molar-refractivity contribution in [2.45, 2.75) is 19.9 Å². The van der Waals surface area contributed by atoms with E-state index in [9.17, 15) is 9.59 Å². The largest absolute Gasteiger partial charge is 0.494 e. The molecule has 1 atom stereocenters. The summed E-state index contributed by atoms with van der Waals surface area (Å²) in [5.41, 5.74) is 6.50. The second-order valence-corrected chi connectivity index (χ2v) is 5.76. The van der Waals surface area contributed by atoms with E-state index in [1.807, 2.05) is 31.2 Å². The van der Waals surface area contributed by atoms with Crippen LogP contribution < -0.4 is 10.5 Å². The van der Waals surface area contributed by atoms with Crippen molar-refractivity contribution < 1.29 is 14.3 Å². The molecule has 5 nitrogen and oxygen atoms in total. The minimum atomic E-state index is -0.281. The van der Waals surface area contributed by atoms with Crippen LogP contribution in [0.25, 0.3) is 6.08 Å². The number of rotatable bonds is 5. The van der Waals surface area contributed by atoms with Gasteiger partial charge in [0, 0.05) is 12.6 Å². The van der Waals surface area contributed by atoms with E-state index in [1.54, 1.807) is 13.0 Å². The topological polar surface area (TPSA) is 72.6 Å². The second kappa shape index (κ2) is 6.78. The van der Waals surface area contributed by atoms with Crippen molar-refractivity contribution in [3.63, 3.8) is 0 Å². The van der Waals surface area contributed by atoms with Crippen molar-refractivity contribution in [2.75, 3.05) is 13.2 Å². The molecule has 0 aliphatic carbocycles. The van der Waals surface area contributed by atoms with Gasteiger partial charge in [-0.2, -0.15) is 0 Å². The Morgan fingerprint density at radius 1 is 1.33 bits per heavy atom. The molecule has 1 aliphatic rings. The molecule has 0 saturated carbocycles. The van der Waals surface area contributed by atoms with E-state index in [1.165, 1.54) is 4.90 Å². The highest BCUT2D eigenvalue weighted by Crippen LogP contribution is 2.32. The molecule has 6 heteroatoms. The Bertz CT molecular complexity index is 567. The van der Waals surface area contributed by atoms with Gasteiger partial charge in [0.2, 0.25) is 0 Å². The fourth-order valence-electron chi connectivity index (χ4n) is 1.92. The molecule has 2 rings (SSSR count). The number of amides is 2. The van der Waals surface area contributed by atoms with Crippen molar-refractivity contribution in [2.24, 2.45) is 5.73 Å². The minimum Gasteiger partial charge on any atom is -0.494 e. The zero-order valence-electron chi connectivity index (χ0n) is 12.0. The number of carbonyl (C=O) groups is 2. The fraction of sp³-hybridized carbons (Fsp3) is 0.333. The van der Waals surface area contributed by atoms with Gasteiger partial charge in [0.1, 0.15) is 5.75 Å². The summed E-state index contributed by atoms with van der Waals surface area (Å²) in [6.45, 7) is 4.53. The quantitative estimate of drug-likeness (QED) is 0.846. The normalized spacial score (nSPS) is 18.4. The van der Waals surface area contributed by atoms with Gasteiger partial charge in [-0.1, -0.05) is 12.1 Å². The lowest BCUT2D eigenvalue weighted by Gasteiger charge is -2.14. The van der Waals surface area contributed by atoms with E-state index in [0.717, 1.165) is 23.1 Å². The van der Waals surface area contributed by atoms with Gasteiger partial charge in [-0.25, -0.2) is 0 Å². The summed E-state index contributed by atoms with van der Waals surface area (Å²) in [7, 11) is 0. The van der Waals surface area contributed by atoms with E-state index < -0.39 is 0 Å². The van der Waals surface area contributed by atoms with Gasteiger partial charge in [0.05, 0.1) is 11.5 Å². The Balaban J connectivity index is 2.14. The predicted molar refractivity (Wildman–Crippen MR) is 83.9 cm³/mol. The molecule has 2 amide bonds. The monoisotopic (exact) mass is 306 g/mol. The molecule has 1 unspecified atom stereocenters. The Labute approximate surface area is 128 Å². The molecule has 1 aliphatic heterocycles. The molecule has 0 radical (unpaired) electrons. The first-order chi connectivity index (χ1) is 10.0. The molecular formula is C15H18N2O3S. The molecule has 1 aromatic carbocycles. The average Bonchev–Trinajstić information content (AvgIpc) is 2.69. The summed E-state index contributed by atoms with van der Waals surface area (Å²) in [6.07, 6.45) is 1.71. The van der Waals surface area contributed by atoms with Gasteiger partial charge in [-0.05, 0) is 49.4 Å². The van der Waals surface area contributed by atoms with Crippen molar-refractivity contribution in [1.29, 1.82) is 0 Å². The first-order valence-corrected chi connectivity index (χ1v) is 7.56. The number of ether oxygens (including phenoxy) is 1. The fourth-order valence-corrected chi connectivity index (χ4v) is 2.77. The summed E-state index contributed by atoms with van der Waals surface area (Å²) < 4.78 is 5.36. The van der Waals surface area contributed by atoms with Crippen molar-refractivity contribution in [1.82, 2.24) is 4.90 Å². The van der Waals surface area contributed by atoms with Crippen LogP contribution in [-0.4, -0.2) is 35.2 Å². The summed E-state index contributed by atoms with van der Waals surface area (Å²) in [6, 6.07) is 7.14. The van der Waals surface area contributed by atoms with Gasteiger partial charge in [0.25, 0.3) is 11.1 Å². The average molecular weight is 306 g/mol. The highest BCUT2D eigenvalue weighted by Gasteiger charge is 2.35. The van der Waals surface area contributed by atoms with Gasteiger partial charge in [-0.15, -0.1) is 0 Å². The summed E-state index contributed by atoms with van der Waals surface area (Å²) in [5, 5.41) is -0.269. The number of nitrogens with zero attached hydrogens (tertiary/aromatic N) is 1. The zero-order chi connectivity index (χ0) is 15.4. The van der Waals surface area contributed by atoms with E-state index in [-0.39, 0.29) is 23.7 Å². The van der Waals surface area contributed by atoms with Crippen molar-refractivity contribution in [3.8, 4) is 5.75 Å². The number of carbonyl (C=O) groups excluding carboxylic acids is 2. The molecular weight excluding hydrogens is 288 g/mol. The number of thioether (sulfide) groups is 1. The second-order valence-electron chi connectivity index (χ2n) is 4.77. The van der Waals surface area contributed by atoms with Crippen LogP contribution in [0.3, 0.4) is 0 Å². The number of benzene rings is 1. The molecule has 1 heterocycles. The molecule has 1 saturated heterocycles. The SMILES string of the molecule is CCOc1ccc(C=C2SC(=O)N(CC(C)N)C2=O)cc1. The Hall–Kier alpha value is -1.79. The summed E-state index contributed by atoms with van der Waals surface area (Å²) >= 11 is 0.945. The predicted octanol–water partition coefficient (Wildman–Crippen LogP) is 2.47. The number of hydrogen-bond donors (Lipinski definition) is 1. The third-order valence-electron chi connectivity index (χ3n) is 2.83. The van der Waals surface area contributed by atoms with Crippen molar-refractivity contribution in [3.05, 3.63) is 34.7 Å². The van der Waals surface area contributed by atoms with Crippen LogP contribution in [0.5, 0.6) is 5.75 Å². The van der Waals surface area contributed by atoms with E-state index in [4.69, 9.17) is 10.5 Å². The highest BCUT2D eigenvalue weighted by molar-refractivity contribution is 8.18. The maximum Gasteiger partial charge on any atom is 0.293 e. The molecule has 0 spiro atoms. The lowest BCUT2D eigenvalue weighted by atomic mass is 10.2. The van der Waals surface area contributed by atoms with Gasteiger partial charge < -0.3 is 10.5 Å². The third-order valence-corrected chi connectivity index (χ3v) is 3.74. The third kappa shape index (κ3) is 3.86. The lowest BCUT2D eigenvalue weighted by Crippen LogP contribution is -2.38. The zero-order valence-corrected chi connectivity index (χ0v) is 12.9. The molecule has 2 N–H and O–H groups in total. The van der Waals surface area contributed by atoms with Gasteiger partial charge >= 0.3 is 0 Å². The maximum atomic E-state index is 12.2. The smallest absolute Gasteiger partial charge is 0.293 e. The van der Waals surface area contributed by atoms with Gasteiger partial charge in [0.15, 0.2) is 0 Å². The van der Waals surface area contributed by atoms with Crippen LogP contribution in [0, 0.1) is 0 Å². The minimum absolute atomic E-state index is 0.233. The molecule has 0 aromatic heterocycles. The number of nitrogens with two attached hydrogens (primary N) is 1. The Morgan fingerprint density at radius 2 is 2.00 bits per heavy atom. The molecule has 1 aromatic rings. The van der Waals surface area contributed by atoms with Crippen LogP contribution in [0.2, 0.25) is 0 Å².